The van der Waals surface area contributed by atoms with Gasteiger partial charge in [-0.05, 0) is 43.2 Å². The van der Waals surface area contributed by atoms with Crippen LogP contribution < -0.4 is 10.1 Å². The van der Waals surface area contributed by atoms with E-state index in [1.165, 1.54) is 11.3 Å². The van der Waals surface area contributed by atoms with Crippen LogP contribution in [0.25, 0.3) is 16.3 Å². The second kappa shape index (κ2) is 8.92. The summed E-state index contributed by atoms with van der Waals surface area (Å²) in [7, 11) is 0. The summed E-state index contributed by atoms with van der Waals surface area (Å²) in [5.74, 6) is 2.09. The van der Waals surface area contributed by atoms with Crippen molar-refractivity contribution in [3.63, 3.8) is 0 Å². The Morgan fingerprint density at radius 2 is 1.97 bits per heavy atom. The number of nitrogens with zero attached hydrogens (tertiary/aromatic N) is 3. The maximum absolute atomic E-state index is 12.9. The van der Waals surface area contributed by atoms with Gasteiger partial charge in [0.05, 0.1) is 6.61 Å². The van der Waals surface area contributed by atoms with Crippen molar-refractivity contribution in [3.8, 4) is 22.0 Å². The van der Waals surface area contributed by atoms with Crippen molar-refractivity contribution in [2.45, 2.75) is 20.4 Å². The normalized spacial score (nSPS) is 10.7. The molecule has 4 aromatic rings. The van der Waals surface area contributed by atoms with Gasteiger partial charge in [-0.15, -0.1) is 11.3 Å². The third-order valence-electron chi connectivity index (χ3n) is 4.60. The summed E-state index contributed by atoms with van der Waals surface area (Å²) in [4.78, 5) is 23.1. The highest BCUT2D eigenvalue weighted by Crippen LogP contribution is 2.36. The molecular formula is C23H22N4O2S. The number of imidazole rings is 1. The molecule has 0 bridgehead atoms. The minimum atomic E-state index is -0.150. The van der Waals surface area contributed by atoms with Crippen LogP contribution in [-0.2, 0) is 6.54 Å². The zero-order valence-corrected chi connectivity index (χ0v) is 17.6. The molecule has 1 N–H and O–H groups in total. The summed E-state index contributed by atoms with van der Waals surface area (Å²) in [6.07, 6.45) is 5.34. The third kappa shape index (κ3) is 4.26. The smallest absolute Gasteiger partial charge is 0.265 e. The molecule has 30 heavy (non-hydrogen) atoms. The van der Waals surface area contributed by atoms with E-state index in [9.17, 15) is 4.79 Å². The number of nitrogens with one attached hydrogen (secondary N) is 1. The van der Waals surface area contributed by atoms with Gasteiger partial charge in [-0.1, -0.05) is 30.3 Å². The summed E-state index contributed by atoms with van der Waals surface area (Å²) < 4.78 is 7.63. The number of benzene rings is 1. The number of hydrogen-bond donors (Lipinski definition) is 1. The summed E-state index contributed by atoms with van der Waals surface area (Å²) in [6.45, 7) is 4.74. The van der Waals surface area contributed by atoms with Gasteiger partial charge in [-0.2, -0.15) is 0 Å². The van der Waals surface area contributed by atoms with Crippen molar-refractivity contribution >= 4 is 17.2 Å². The fraction of sp³-hybridized carbons (Fsp3) is 0.174. The van der Waals surface area contributed by atoms with Gasteiger partial charge in [0, 0.05) is 30.0 Å². The van der Waals surface area contributed by atoms with Crippen LogP contribution in [0.3, 0.4) is 0 Å². The lowest BCUT2D eigenvalue weighted by atomic mass is 10.2. The van der Waals surface area contributed by atoms with Gasteiger partial charge < -0.3 is 10.1 Å². The van der Waals surface area contributed by atoms with Crippen LogP contribution in [0.15, 0.2) is 67.1 Å². The lowest BCUT2D eigenvalue weighted by Crippen LogP contribution is -2.22. The molecule has 0 saturated carbocycles. The average molecular weight is 419 g/mol. The predicted molar refractivity (Wildman–Crippen MR) is 118 cm³/mol. The monoisotopic (exact) mass is 418 g/mol. The molecule has 0 atom stereocenters. The number of ether oxygens (including phenoxy) is 1. The van der Waals surface area contributed by atoms with Crippen LogP contribution in [0.2, 0.25) is 0 Å². The molecule has 6 nitrogen and oxygen atoms in total. The number of aromatic nitrogens is 3. The molecule has 0 unspecified atom stereocenters. The first kappa shape index (κ1) is 19.8. The van der Waals surface area contributed by atoms with E-state index >= 15 is 0 Å². The Balaban J connectivity index is 1.52. The second-order valence-corrected chi connectivity index (χ2v) is 7.70. The molecule has 152 valence electrons. The highest BCUT2D eigenvalue weighted by atomic mass is 32.1. The van der Waals surface area contributed by atoms with Gasteiger partial charge in [0.1, 0.15) is 22.3 Å². The van der Waals surface area contributed by atoms with Gasteiger partial charge in [0.25, 0.3) is 5.91 Å². The predicted octanol–water partition coefficient (Wildman–Crippen LogP) is 4.63. The summed E-state index contributed by atoms with van der Waals surface area (Å²) >= 11 is 1.44. The molecule has 4 rings (SSSR count). The molecular weight excluding hydrogens is 396 g/mol. The van der Waals surface area contributed by atoms with Crippen molar-refractivity contribution in [2.75, 3.05) is 6.61 Å². The maximum atomic E-state index is 12.9. The maximum Gasteiger partial charge on any atom is 0.265 e. The third-order valence-corrected chi connectivity index (χ3v) is 5.76. The number of hydrogen-bond acceptors (Lipinski definition) is 5. The van der Waals surface area contributed by atoms with E-state index < -0.39 is 0 Å². The molecule has 0 saturated heterocycles. The number of pyridine rings is 1. The number of carbonyl (C=O) groups excluding carboxylic acids is 1. The minimum Gasteiger partial charge on any atom is -0.492 e. The molecule has 1 aromatic carbocycles. The Kier molecular flexibility index (Phi) is 5.90. The van der Waals surface area contributed by atoms with Crippen LogP contribution in [0.1, 0.15) is 28.0 Å². The van der Waals surface area contributed by atoms with Gasteiger partial charge in [-0.25, -0.2) is 9.97 Å². The zero-order valence-electron chi connectivity index (χ0n) is 16.8. The van der Waals surface area contributed by atoms with Crippen molar-refractivity contribution < 1.29 is 9.53 Å². The number of amides is 1. The number of rotatable bonds is 7. The van der Waals surface area contributed by atoms with Crippen LogP contribution in [0, 0.1) is 6.92 Å². The van der Waals surface area contributed by atoms with E-state index in [-0.39, 0.29) is 5.91 Å². The molecule has 7 heteroatoms. The lowest BCUT2D eigenvalue weighted by molar-refractivity contribution is 0.0951. The van der Waals surface area contributed by atoms with Crippen LogP contribution >= 0.6 is 11.3 Å². The first-order valence-corrected chi connectivity index (χ1v) is 10.5. The SMILES string of the molecule is CCOc1cc(-c2ccccc2)sc1C(=O)NCc1ccnc(-n2ccnc2C)c1. The fourth-order valence-corrected chi connectivity index (χ4v) is 4.15. The number of aryl methyl sites for hydroxylation is 1. The molecule has 0 radical (unpaired) electrons. The Hall–Kier alpha value is -3.45. The van der Waals surface area contributed by atoms with Gasteiger partial charge >= 0.3 is 0 Å². The average Bonchev–Trinajstić information content (AvgIpc) is 3.40. The molecule has 0 fully saturated rings. The minimum absolute atomic E-state index is 0.150. The van der Waals surface area contributed by atoms with Gasteiger partial charge in [0.2, 0.25) is 0 Å². The second-order valence-electron chi connectivity index (χ2n) is 6.65. The summed E-state index contributed by atoms with van der Waals surface area (Å²) in [5.41, 5.74) is 2.02. The molecule has 0 aliphatic heterocycles. The van der Waals surface area contributed by atoms with Gasteiger partial charge in [-0.3, -0.25) is 9.36 Å². The molecule has 3 heterocycles. The Bertz CT molecular complexity index is 1150. The van der Waals surface area contributed by atoms with Crippen LogP contribution in [0.5, 0.6) is 5.75 Å². The van der Waals surface area contributed by atoms with E-state index in [1.54, 1.807) is 12.4 Å². The summed E-state index contributed by atoms with van der Waals surface area (Å²) in [5, 5.41) is 3.00. The summed E-state index contributed by atoms with van der Waals surface area (Å²) in [6, 6.07) is 15.8. The van der Waals surface area contributed by atoms with E-state index in [0.717, 1.165) is 27.6 Å². The standard InChI is InChI=1S/C23H22N4O2S/c1-3-29-19-14-20(18-7-5-4-6-8-18)30-22(19)23(28)26-15-17-9-10-25-21(13-17)27-12-11-24-16(27)2/h4-14H,3,15H2,1-2H3,(H,26,28). The van der Waals surface area contributed by atoms with Crippen molar-refractivity contribution in [1.29, 1.82) is 0 Å². The zero-order chi connectivity index (χ0) is 20.9. The Morgan fingerprint density at radius 3 is 2.70 bits per heavy atom. The fourth-order valence-electron chi connectivity index (χ4n) is 3.12. The van der Waals surface area contributed by atoms with Crippen molar-refractivity contribution in [3.05, 3.63) is 83.4 Å². The lowest BCUT2D eigenvalue weighted by Gasteiger charge is -2.09. The molecule has 0 spiro atoms. The van der Waals surface area contributed by atoms with Crippen molar-refractivity contribution in [2.24, 2.45) is 0 Å². The number of thiophene rings is 1. The number of carbonyl (C=O) groups is 1. The molecule has 0 aliphatic carbocycles. The largest absolute Gasteiger partial charge is 0.492 e. The molecule has 1 amide bonds. The van der Waals surface area contributed by atoms with E-state index in [4.69, 9.17) is 4.74 Å². The molecule has 0 aliphatic rings. The van der Waals surface area contributed by atoms with E-state index in [1.807, 2.05) is 73.1 Å². The highest BCUT2D eigenvalue weighted by molar-refractivity contribution is 7.17. The molecule has 3 aromatic heterocycles. The van der Waals surface area contributed by atoms with Gasteiger partial charge in [0.15, 0.2) is 0 Å². The Labute approximate surface area is 179 Å². The van der Waals surface area contributed by atoms with E-state index in [0.29, 0.717) is 23.8 Å². The Morgan fingerprint density at radius 1 is 1.13 bits per heavy atom. The highest BCUT2D eigenvalue weighted by Gasteiger charge is 2.18. The first-order valence-electron chi connectivity index (χ1n) is 9.71. The topological polar surface area (TPSA) is 69.0 Å². The van der Waals surface area contributed by atoms with E-state index in [2.05, 4.69) is 15.3 Å². The van der Waals surface area contributed by atoms with Crippen molar-refractivity contribution in [1.82, 2.24) is 19.9 Å². The van der Waals surface area contributed by atoms with Crippen LogP contribution in [0.4, 0.5) is 0 Å². The first-order chi connectivity index (χ1) is 14.7. The van der Waals surface area contributed by atoms with Crippen LogP contribution in [-0.4, -0.2) is 27.0 Å². The quantitative estimate of drug-likeness (QED) is 0.475.